The van der Waals surface area contributed by atoms with E-state index >= 15 is 0 Å². The summed E-state index contributed by atoms with van der Waals surface area (Å²) in [6, 6.07) is 17.6. The van der Waals surface area contributed by atoms with Gasteiger partial charge in [0.25, 0.3) is 0 Å². The van der Waals surface area contributed by atoms with Crippen LogP contribution < -0.4 is 0 Å². The molecule has 1 saturated carbocycles. The molecule has 0 aromatic heterocycles. The van der Waals surface area contributed by atoms with Crippen molar-refractivity contribution in [2.45, 2.75) is 57.2 Å². The van der Waals surface area contributed by atoms with E-state index in [9.17, 15) is 10.3 Å². The molecule has 2 aromatic carbocycles. The summed E-state index contributed by atoms with van der Waals surface area (Å²) in [5.41, 5.74) is 2.28. The van der Waals surface area contributed by atoms with Crippen molar-refractivity contribution in [1.82, 2.24) is 5.06 Å². The molecule has 1 atom stereocenters. The van der Waals surface area contributed by atoms with Crippen LogP contribution in [0, 0.1) is 26.9 Å². The zero-order chi connectivity index (χ0) is 23.0. The summed E-state index contributed by atoms with van der Waals surface area (Å²) in [5, 5.41) is 23.6. The van der Waals surface area contributed by atoms with E-state index < -0.39 is 11.6 Å². The van der Waals surface area contributed by atoms with Gasteiger partial charge in [0.1, 0.15) is 0 Å². The molecule has 1 aliphatic carbocycles. The first-order valence-corrected chi connectivity index (χ1v) is 9.49. The van der Waals surface area contributed by atoms with Gasteiger partial charge >= 0.3 is 33.9 Å². The number of hydrogen-bond donors (Lipinski definition) is 2. The first kappa shape index (κ1) is 31.3. The molecule has 0 spiro atoms. The summed E-state index contributed by atoms with van der Waals surface area (Å²) < 4.78 is 22.5. The average molecular weight is 461 g/mol. The molecule has 6 nitrogen and oxygen atoms in total. The van der Waals surface area contributed by atoms with E-state index in [1.165, 1.54) is 5.06 Å². The van der Waals surface area contributed by atoms with E-state index in [2.05, 4.69) is 20.0 Å². The molecule has 164 valence electrons. The van der Waals surface area contributed by atoms with Gasteiger partial charge in [-0.15, -0.1) is 0 Å². The molecule has 1 fully saturated rings. The van der Waals surface area contributed by atoms with Crippen LogP contribution in [0.5, 0.6) is 0 Å². The Bertz CT molecular complexity index is 771. The van der Waals surface area contributed by atoms with Crippen LogP contribution in [0.1, 0.15) is 54.8 Å². The van der Waals surface area contributed by atoms with Gasteiger partial charge in [0, 0.05) is 23.9 Å². The molecular weight excluding hydrogens is 434 g/mol. The molecule has 0 heterocycles. The van der Waals surface area contributed by atoms with E-state index in [0.29, 0.717) is 6.54 Å². The van der Waals surface area contributed by atoms with E-state index in [1.807, 2.05) is 61.5 Å². The minimum Gasteiger partial charge on any atom is 0 e. The molecule has 31 heavy (non-hydrogen) atoms. The molecule has 7 heteroatoms. The van der Waals surface area contributed by atoms with Crippen molar-refractivity contribution in [3.8, 4) is 0 Å². The quantitative estimate of drug-likeness (QED) is 0.389. The maximum atomic E-state index is 11.4. The molecule has 0 amide bonds. The molecular formula is C24H27CrNO5. The Balaban J connectivity index is 0. The number of nitrogens with zero attached hydrogens (tertiary/aromatic N) is 1. The van der Waals surface area contributed by atoms with Crippen molar-refractivity contribution in [2.24, 2.45) is 0 Å². The first-order valence-electron chi connectivity index (χ1n) is 9.49. The number of hydroxylamine groups is 2. The van der Waals surface area contributed by atoms with Gasteiger partial charge in [-0.2, -0.15) is 5.06 Å². The van der Waals surface area contributed by atoms with Crippen molar-refractivity contribution in [1.29, 1.82) is 0 Å². The van der Waals surface area contributed by atoms with Crippen LogP contribution in [0.2, 0.25) is 0 Å². The van der Waals surface area contributed by atoms with Gasteiger partial charge in [0.15, 0.2) is 0 Å². The Labute approximate surface area is 195 Å². The van der Waals surface area contributed by atoms with Crippen LogP contribution in [-0.2, 0) is 37.9 Å². The molecule has 2 aromatic rings. The van der Waals surface area contributed by atoms with E-state index in [4.69, 9.17) is 14.0 Å². The molecule has 3 rings (SSSR count). The van der Waals surface area contributed by atoms with E-state index in [-0.39, 0.29) is 17.4 Å². The fourth-order valence-electron chi connectivity index (χ4n) is 3.92. The van der Waals surface area contributed by atoms with Gasteiger partial charge < -0.3 is 10.3 Å². The van der Waals surface area contributed by atoms with Crippen LogP contribution in [0.3, 0.4) is 0 Å². The third-order valence-electron chi connectivity index (χ3n) is 5.20. The molecule has 1 aliphatic rings. The maximum Gasteiger partial charge on any atom is 0 e. The third kappa shape index (κ3) is 9.39. The van der Waals surface area contributed by atoms with Crippen molar-refractivity contribution < 1.29 is 41.6 Å². The van der Waals surface area contributed by atoms with Crippen molar-refractivity contribution >= 4 is 0 Å². The molecule has 2 N–H and O–H groups in total. The molecule has 0 radical (unpaired) electrons. The Hall–Kier alpha value is -1.93. The minimum atomic E-state index is -0.881. The predicted octanol–water partition coefficient (Wildman–Crippen LogP) is 4.51. The number of aliphatic hydroxyl groups is 1. The molecule has 0 bridgehead atoms. The Morgan fingerprint density at radius 3 is 1.87 bits per heavy atom. The summed E-state index contributed by atoms with van der Waals surface area (Å²) in [4.78, 5) is 0. The second kappa shape index (κ2) is 17.7. The maximum absolute atomic E-state index is 11.4. The summed E-state index contributed by atoms with van der Waals surface area (Å²) in [7, 11) is 0. The van der Waals surface area contributed by atoms with Crippen LogP contribution in [0.15, 0.2) is 54.6 Å². The fraction of sp³-hybridized carbons (Fsp3) is 0.375. The fourth-order valence-corrected chi connectivity index (χ4v) is 3.92. The SMILES string of the molecule is Cc1ccccc1C(N(O)Cc1ccccc1)C1(O)CCCCC1.[C-]#[O+].[C-]#[O+].[C-]#[O+].[Cr]. The standard InChI is InChI=1S/C21H27NO2.3CO.Cr/c1-17-10-6-7-13-19(17)20(21(23)14-8-3-9-15-21)22(24)16-18-11-4-2-5-12-18;3*1-2;/h2,4-7,10-13,20,23-24H,3,8-9,14-16H2,1H3;;;;. The topological polar surface area (TPSA) is 103 Å². The Morgan fingerprint density at radius 2 is 1.35 bits per heavy atom. The van der Waals surface area contributed by atoms with Gasteiger partial charge in [-0.25, -0.2) is 0 Å². The van der Waals surface area contributed by atoms with E-state index in [0.717, 1.165) is 48.8 Å². The van der Waals surface area contributed by atoms with Gasteiger partial charge in [-0.05, 0) is 36.5 Å². The zero-order valence-corrected chi connectivity index (χ0v) is 18.8. The number of aryl methyl sites for hydroxylation is 1. The summed E-state index contributed by atoms with van der Waals surface area (Å²) >= 11 is 0. The van der Waals surface area contributed by atoms with Gasteiger partial charge in [0.05, 0.1) is 11.6 Å². The summed E-state index contributed by atoms with van der Waals surface area (Å²) in [6.45, 7) is 16.0. The smallest absolute Gasteiger partial charge is 0 e. The van der Waals surface area contributed by atoms with Gasteiger partial charge in [-0.1, -0.05) is 73.9 Å². The molecule has 0 saturated heterocycles. The largest absolute Gasteiger partial charge is 0 e. The average Bonchev–Trinajstić information content (AvgIpc) is 2.80. The molecule has 0 aliphatic heterocycles. The van der Waals surface area contributed by atoms with Crippen LogP contribution >= 0.6 is 0 Å². The zero-order valence-electron chi connectivity index (χ0n) is 17.5. The monoisotopic (exact) mass is 461 g/mol. The van der Waals surface area contributed by atoms with Crippen molar-refractivity contribution in [3.63, 3.8) is 0 Å². The summed E-state index contributed by atoms with van der Waals surface area (Å²) in [5.74, 6) is 0. The van der Waals surface area contributed by atoms with E-state index in [1.54, 1.807) is 0 Å². The van der Waals surface area contributed by atoms with Gasteiger partial charge in [-0.3, -0.25) is 0 Å². The normalized spacial score (nSPS) is 14.5. The Kier molecular flexibility index (Phi) is 17.9. The van der Waals surface area contributed by atoms with Crippen molar-refractivity contribution in [2.75, 3.05) is 0 Å². The second-order valence-corrected chi connectivity index (χ2v) is 7.01. The third-order valence-corrected chi connectivity index (χ3v) is 5.20. The number of hydrogen-bond acceptors (Lipinski definition) is 3. The van der Waals surface area contributed by atoms with Crippen LogP contribution in [0.4, 0.5) is 0 Å². The van der Waals surface area contributed by atoms with Crippen LogP contribution in [0.25, 0.3) is 0 Å². The minimum absolute atomic E-state index is 0. The van der Waals surface area contributed by atoms with Crippen LogP contribution in [-0.4, -0.2) is 21.0 Å². The second-order valence-electron chi connectivity index (χ2n) is 7.01. The van der Waals surface area contributed by atoms with Crippen molar-refractivity contribution in [3.05, 3.63) is 91.2 Å². The van der Waals surface area contributed by atoms with Gasteiger partial charge in [0.2, 0.25) is 0 Å². The number of rotatable bonds is 5. The number of benzene rings is 2. The predicted molar refractivity (Wildman–Crippen MR) is 108 cm³/mol. The molecule has 1 unspecified atom stereocenters. The first-order chi connectivity index (χ1) is 14.6. The Morgan fingerprint density at radius 1 is 0.871 bits per heavy atom. The summed E-state index contributed by atoms with van der Waals surface area (Å²) in [6.07, 6.45) is 4.65.